The van der Waals surface area contributed by atoms with Gasteiger partial charge in [0.15, 0.2) is 0 Å². The summed E-state index contributed by atoms with van der Waals surface area (Å²) in [6.07, 6.45) is 9.47. The second-order valence-corrected chi connectivity index (χ2v) is 4.75. The van der Waals surface area contributed by atoms with Gasteiger partial charge in [0.1, 0.15) is 0 Å². The maximum absolute atomic E-state index is 12.1. The number of carbonyl (C=O) groups is 1. The van der Waals surface area contributed by atoms with Gasteiger partial charge in [0.25, 0.3) is 0 Å². The highest BCUT2D eigenvalue weighted by molar-refractivity contribution is 5.85. The molecule has 1 fully saturated rings. The highest BCUT2D eigenvalue weighted by atomic mass is 35.5. The average molecular weight is 309 g/mol. The summed E-state index contributed by atoms with van der Waals surface area (Å²) in [6, 6.07) is 0. The van der Waals surface area contributed by atoms with Gasteiger partial charge in [-0.1, -0.05) is 12.8 Å². The first-order valence-corrected chi connectivity index (χ1v) is 6.21. The van der Waals surface area contributed by atoms with Crippen LogP contribution in [-0.4, -0.2) is 28.5 Å². The number of imidazole rings is 1. The molecule has 0 radical (unpaired) electrons. The third-order valence-corrected chi connectivity index (χ3v) is 3.65. The van der Waals surface area contributed by atoms with E-state index >= 15 is 0 Å². The normalized spacial score (nSPS) is 16.3. The van der Waals surface area contributed by atoms with Crippen molar-refractivity contribution in [3.8, 4) is 0 Å². The van der Waals surface area contributed by atoms with Gasteiger partial charge in [0, 0.05) is 32.0 Å². The number of nitrogens with zero attached hydrogens (tertiary/aromatic N) is 2. The molecule has 1 saturated carbocycles. The Labute approximate surface area is 126 Å². The van der Waals surface area contributed by atoms with Crippen LogP contribution in [-0.2, 0) is 11.3 Å². The van der Waals surface area contributed by atoms with Crippen LogP contribution in [0.5, 0.6) is 0 Å². The summed E-state index contributed by atoms with van der Waals surface area (Å²) >= 11 is 0. The van der Waals surface area contributed by atoms with Crippen molar-refractivity contribution in [2.45, 2.75) is 32.2 Å². The SMILES string of the molecule is Cl.Cl.NCC1(C(=O)NCCn2ccnc2)CCCC1. The van der Waals surface area contributed by atoms with Crippen molar-refractivity contribution in [1.29, 1.82) is 0 Å². The summed E-state index contributed by atoms with van der Waals surface area (Å²) in [5.41, 5.74) is 5.46. The van der Waals surface area contributed by atoms with Gasteiger partial charge in [-0.2, -0.15) is 0 Å². The summed E-state index contributed by atoms with van der Waals surface area (Å²) in [7, 11) is 0. The zero-order chi connectivity index (χ0) is 12.1. The van der Waals surface area contributed by atoms with E-state index in [9.17, 15) is 4.79 Å². The molecule has 0 spiro atoms. The van der Waals surface area contributed by atoms with Crippen LogP contribution in [0.1, 0.15) is 25.7 Å². The van der Waals surface area contributed by atoms with Gasteiger partial charge in [0.05, 0.1) is 11.7 Å². The van der Waals surface area contributed by atoms with Gasteiger partial charge in [0.2, 0.25) is 5.91 Å². The van der Waals surface area contributed by atoms with E-state index in [1.807, 2.05) is 10.8 Å². The largest absolute Gasteiger partial charge is 0.354 e. The second kappa shape index (κ2) is 8.40. The van der Waals surface area contributed by atoms with Gasteiger partial charge in [-0.3, -0.25) is 4.79 Å². The Kier molecular flexibility index (Phi) is 8.06. The quantitative estimate of drug-likeness (QED) is 0.862. The molecule has 1 aromatic heterocycles. The molecular weight excluding hydrogens is 287 g/mol. The number of aromatic nitrogens is 2. The molecule has 1 aromatic rings. The lowest BCUT2D eigenvalue weighted by Crippen LogP contribution is -2.45. The molecule has 2 rings (SSSR count). The van der Waals surface area contributed by atoms with Crippen LogP contribution in [0.3, 0.4) is 0 Å². The van der Waals surface area contributed by atoms with E-state index in [1.54, 1.807) is 12.5 Å². The van der Waals surface area contributed by atoms with Crippen LogP contribution in [0.4, 0.5) is 0 Å². The highest BCUT2D eigenvalue weighted by Crippen LogP contribution is 2.37. The minimum absolute atomic E-state index is 0. The van der Waals surface area contributed by atoms with E-state index in [2.05, 4.69) is 10.3 Å². The molecule has 1 aliphatic carbocycles. The fourth-order valence-electron chi connectivity index (χ4n) is 2.48. The minimum atomic E-state index is -0.297. The number of hydrogen-bond acceptors (Lipinski definition) is 3. The molecule has 110 valence electrons. The van der Waals surface area contributed by atoms with Crippen molar-refractivity contribution in [2.24, 2.45) is 11.1 Å². The Balaban J connectivity index is 0.00000162. The number of amides is 1. The predicted octanol–water partition coefficient (Wildman–Crippen LogP) is 1.36. The summed E-state index contributed by atoms with van der Waals surface area (Å²) < 4.78 is 1.95. The van der Waals surface area contributed by atoms with Crippen molar-refractivity contribution in [1.82, 2.24) is 14.9 Å². The van der Waals surface area contributed by atoms with Crippen LogP contribution < -0.4 is 11.1 Å². The fourth-order valence-corrected chi connectivity index (χ4v) is 2.48. The molecule has 1 heterocycles. The summed E-state index contributed by atoms with van der Waals surface area (Å²) in [4.78, 5) is 16.1. The molecule has 5 nitrogen and oxygen atoms in total. The fraction of sp³-hybridized carbons (Fsp3) is 0.667. The molecule has 0 saturated heterocycles. The maximum Gasteiger partial charge on any atom is 0.227 e. The Bertz CT molecular complexity index is 364. The van der Waals surface area contributed by atoms with Crippen LogP contribution in [0, 0.1) is 5.41 Å². The van der Waals surface area contributed by atoms with E-state index in [-0.39, 0.29) is 36.1 Å². The molecule has 0 atom stereocenters. The summed E-state index contributed by atoms with van der Waals surface area (Å²) in [5.74, 6) is 0.123. The van der Waals surface area contributed by atoms with Crippen LogP contribution in [0.15, 0.2) is 18.7 Å². The monoisotopic (exact) mass is 308 g/mol. The second-order valence-electron chi connectivity index (χ2n) is 4.75. The van der Waals surface area contributed by atoms with Crippen molar-refractivity contribution in [3.05, 3.63) is 18.7 Å². The van der Waals surface area contributed by atoms with E-state index < -0.39 is 0 Å². The molecule has 0 aliphatic heterocycles. The van der Waals surface area contributed by atoms with Gasteiger partial charge in [-0.25, -0.2) is 4.98 Å². The van der Waals surface area contributed by atoms with Crippen LogP contribution in [0.2, 0.25) is 0 Å². The van der Waals surface area contributed by atoms with Crippen LogP contribution >= 0.6 is 24.8 Å². The van der Waals surface area contributed by atoms with Gasteiger partial charge in [-0.05, 0) is 12.8 Å². The molecule has 1 amide bonds. The number of halogens is 2. The molecule has 0 aromatic carbocycles. The Morgan fingerprint density at radius 3 is 2.58 bits per heavy atom. The van der Waals surface area contributed by atoms with E-state index in [1.165, 1.54) is 0 Å². The molecule has 1 aliphatic rings. The third kappa shape index (κ3) is 4.37. The van der Waals surface area contributed by atoms with Gasteiger partial charge >= 0.3 is 0 Å². The Morgan fingerprint density at radius 2 is 2.05 bits per heavy atom. The van der Waals surface area contributed by atoms with E-state index in [0.29, 0.717) is 13.1 Å². The smallest absolute Gasteiger partial charge is 0.227 e. The van der Waals surface area contributed by atoms with Crippen molar-refractivity contribution < 1.29 is 4.79 Å². The van der Waals surface area contributed by atoms with E-state index in [0.717, 1.165) is 32.2 Å². The third-order valence-electron chi connectivity index (χ3n) is 3.65. The zero-order valence-electron chi connectivity index (χ0n) is 10.9. The van der Waals surface area contributed by atoms with Gasteiger partial charge in [-0.15, -0.1) is 24.8 Å². The van der Waals surface area contributed by atoms with Gasteiger partial charge < -0.3 is 15.6 Å². The molecule has 3 N–H and O–H groups in total. The summed E-state index contributed by atoms with van der Waals surface area (Å²) in [5, 5.41) is 2.99. The maximum atomic E-state index is 12.1. The standard InChI is InChI=1S/C12H20N4O.2ClH/c13-9-12(3-1-2-4-12)11(17)15-6-8-16-7-5-14-10-16;;/h5,7,10H,1-4,6,8-9,13H2,(H,15,17);2*1H. The molecule has 19 heavy (non-hydrogen) atoms. The first-order valence-electron chi connectivity index (χ1n) is 6.21. The van der Waals surface area contributed by atoms with Crippen molar-refractivity contribution in [2.75, 3.05) is 13.1 Å². The Hall–Kier alpha value is -0.780. The topological polar surface area (TPSA) is 72.9 Å². The molecule has 0 unspecified atom stereocenters. The predicted molar refractivity (Wildman–Crippen MR) is 79.7 cm³/mol. The minimum Gasteiger partial charge on any atom is -0.354 e. The van der Waals surface area contributed by atoms with Crippen molar-refractivity contribution >= 4 is 30.7 Å². The lowest BCUT2D eigenvalue weighted by Gasteiger charge is -2.25. The average Bonchev–Trinajstić information content (AvgIpc) is 3.00. The lowest BCUT2D eigenvalue weighted by molar-refractivity contribution is -0.130. The van der Waals surface area contributed by atoms with E-state index in [4.69, 9.17) is 5.73 Å². The highest BCUT2D eigenvalue weighted by Gasteiger charge is 2.39. The zero-order valence-corrected chi connectivity index (χ0v) is 12.5. The number of carbonyl (C=O) groups excluding carboxylic acids is 1. The molecule has 0 bridgehead atoms. The Morgan fingerprint density at radius 1 is 1.37 bits per heavy atom. The number of rotatable bonds is 5. The number of hydrogen-bond donors (Lipinski definition) is 2. The van der Waals surface area contributed by atoms with Crippen LogP contribution in [0.25, 0.3) is 0 Å². The lowest BCUT2D eigenvalue weighted by atomic mass is 9.85. The summed E-state index contributed by atoms with van der Waals surface area (Å²) in [6.45, 7) is 1.85. The first kappa shape index (κ1) is 18.2. The number of nitrogens with two attached hydrogens (primary N) is 1. The number of nitrogens with one attached hydrogen (secondary N) is 1. The molecular formula is C12H22Cl2N4O. The molecule has 7 heteroatoms. The first-order chi connectivity index (χ1) is 8.27. The van der Waals surface area contributed by atoms with Crippen molar-refractivity contribution in [3.63, 3.8) is 0 Å².